The second-order valence-corrected chi connectivity index (χ2v) is 18.2. The molecule has 0 saturated heterocycles. The van der Waals surface area contributed by atoms with Crippen LogP contribution in [0.25, 0.3) is 0 Å². The molecule has 2 N–H and O–H groups in total. The molecule has 0 aliphatic heterocycles. The third-order valence-electron chi connectivity index (χ3n) is 8.32. The molecule has 1 aliphatic rings. The minimum atomic E-state index is -2.95. The Hall–Kier alpha value is -3.42. The second kappa shape index (κ2) is 14.1. The second-order valence-electron chi connectivity index (χ2n) is 14.0. The highest BCUT2D eigenvalue weighted by Gasteiger charge is 2.52. The van der Waals surface area contributed by atoms with Gasteiger partial charge in [-0.1, -0.05) is 107 Å². The number of benzene rings is 3. The van der Waals surface area contributed by atoms with Gasteiger partial charge in [-0.15, -0.1) is 0 Å². The number of carbonyl (C=O) groups is 2. The van der Waals surface area contributed by atoms with Gasteiger partial charge in [-0.05, 0) is 78.7 Å². The van der Waals surface area contributed by atoms with E-state index in [0.29, 0.717) is 17.7 Å². The van der Waals surface area contributed by atoms with Gasteiger partial charge in [-0.2, -0.15) is 0 Å². The SMILES string of the molecule is CC(C)(C)OC(=O)CCc1ccc(O[Si](c2ccccc2)(c2ccccc2)C(C)(C)C)cc1C(O)C(=O)NC1CCCCC1. The van der Waals surface area contributed by atoms with Crippen LogP contribution in [0.15, 0.2) is 78.9 Å². The van der Waals surface area contributed by atoms with Crippen molar-refractivity contribution in [3.8, 4) is 5.75 Å². The summed E-state index contributed by atoms with van der Waals surface area (Å²) in [6.07, 6.45) is 4.22. The number of rotatable bonds is 10. The van der Waals surface area contributed by atoms with Gasteiger partial charge >= 0.3 is 14.3 Å². The molecule has 44 heavy (non-hydrogen) atoms. The first-order valence-corrected chi connectivity index (χ1v) is 17.8. The summed E-state index contributed by atoms with van der Waals surface area (Å²) < 4.78 is 12.7. The van der Waals surface area contributed by atoms with E-state index in [1.165, 1.54) is 6.42 Å². The molecule has 1 unspecified atom stereocenters. The Labute approximate surface area is 264 Å². The predicted molar refractivity (Wildman–Crippen MR) is 179 cm³/mol. The van der Waals surface area contributed by atoms with Crippen LogP contribution in [0.4, 0.5) is 0 Å². The number of ether oxygens (including phenoxy) is 1. The lowest BCUT2D eigenvalue weighted by molar-refractivity contribution is -0.154. The molecule has 1 atom stereocenters. The van der Waals surface area contributed by atoms with Crippen molar-refractivity contribution in [1.82, 2.24) is 5.32 Å². The molecule has 4 rings (SSSR count). The molecular formula is C37H49NO5Si. The van der Waals surface area contributed by atoms with Crippen molar-refractivity contribution in [2.45, 2.75) is 109 Å². The predicted octanol–water partition coefficient (Wildman–Crippen LogP) is 6.38. The number of amides is 1. The smallest absolute Gasteiger partial charge is 0.319 e. The van der Waals surface area contributed by atoms with Gasteiger partial charge < -0.3 is 19.6 Å². The third-order valence-corrected chi connectivity index (χ3v) is 13.3. The lowest BCUT2D eigenvalue weighted by atomic mass is 9.94. The van der Waals surface area contributed by atoms with Gasteiger partial charge in [0.05, 0.1) is 0 Å². The Morgan fingerprint density at radius 3 is 1.95 bits per heavy atom. The van der Waals surface area contributed by atoms with Crippen LogP contribution in [0.5, 0.6) is 5.75 Å². The van der Waals surface area contributed by atoms with Crippen LogP contribution >= 0.6 is 0 Å². The van der Waals surface area contributed by atoms with Crippen molar-refractivity contribution < 1.29 is 23.9 Å². The van der Waals surface area contributed by atoms with Crippen LogP contribution in [0.1, 0.15) is 97.3 Å². The minimum Gasteiger partial charge on any atom is -0.534 e. The molecule has 1 aliphatic carbocycles. The van der Waals surface area contributed by atoms with Crippen molar-refractivity contribution >= 4 is 30.6 Å². The molecule has 1 saturated carbocycles. The molecule has 0 heterocycles. The maximum atomic E-state index is 13.4. The number of aliphatic hydroxyl groups is 1. The van der Waals surface area contributed by atoms with Crippen molar-refractivity contribution in [1.29, 1.82) is 0 Å². The van der Waals surface area contributed by atoms with Gasteiger partial charge in [0.1, 0.15) is 11.4 Å². The standard InChI is InChI=1S/C37H49NO5Si/c1-36(2,3)42-33(39)25-23-27-22-24-29(26-32(27)34(40)35(41)38-28-16-10-7-11-17-28)43-44(37(4,5)6,30-18-12-8-13-19-30)31-20-14-9-15-21-31/h8-9,12-15,18-22,24,26,28,34,40H,7,10-11,16-17,23,25H2,1-6H3,(H,38,41). The minimum absolute atomic E-state index is 0.0626. The number of hydrogen-bond donors (Lipinski definition) is 2. The van der Waals surface area contributed by atoms with Gasteiger partial charge in [-0.25, -0.2) is 0 Å². The average molecular weight is 616 g/mol. The summed E-state index contributed by atoms with van der Waals surface area (Å²) >= 11 is 0. The number of hydrogen-bond acceptors (Lipinski definition) is 5. The number of aliphatic hydroxyl groups excluding tert-OH is 1. The van der Waals surface area contributed by atoms with Crippen LogP contribution in [-0.4, -0.2) is 36.9 Å². The molecule has 236 valence electrons. The van der Waals surface area contributed by atoms with Crippen LogP contribution in [0.2, 0.25) is 5.04 Å². The molecule has 0 spiro atoms. The number of nitrogens with one attached hydrogen (secondary N) is 1. The number of aryl methyl sites for hydroxylation is 1. The Morgan fingerprint density at radius 1 is 0.864 bits per heavy atom. The Balaban J connectivity index is 1.75. The zero-order valence-corrected chi connectivity index (χ0v) is 28.2. The van der Waals surface area contributed by atoms with Gasteiger partial charge in [0.2, 0.25) is 0 Å². The first-order valence-electron chi connectivity index (χ1n) is 15.9. The Kier molecular flexibility index (Phi) is 10.7. The molecule has 3 aromatic carbocycles. The molecule has 1 amide bonds. The highest BCUT2D eigenvalue weighted by molar-refractivity contribution is 7.00. The fraction of sp³-hybridized carbons (Fsp3) is 0.459. The maximum absolute atomic E-state index is 13.4. The molecule has 0 aromatic heterocycles. The molecular weight excluding hydrogens is 566 g/mol. The summed E-state index contributed by atoms with van der Waals surface area (Å²) in [6, 6.07) is 26.4. The van der Waals surface area contributed by atoms with E-state index in [9.17, 15) is 14.7 Å². The number of carbonyl (C=O) groups excluding carboxylic acids is 2. The molecule has 0 bridgehead atoms. The fourth-order valence-electron chi connectivity index (χ4n) is 6.24. The van der Waals surface area contributed by atoms with Gasteiger partial charge in [0.15, 0.2) is 6.10 Å². The van der Waals surface area contributed by atoms with E-state index in [1.807, 2.05) is 69.3 Å². The number of esters is 1. The van der Waals surface area contributed by atoms with Crippen LogP contribution in [0.3, 0.4) is 0 Å². The summed E-state index contributed by atoms with van der Waals surface area (Å²) in [5.41, 5.74) is 0.585. The Morgan fingerprint density at radius 2 is 1.43 bits per heavy atom. The van der Waals surface area contributed by atoms with E-state index in [4.69, 9.17) is 9.16 Å². The van der Waals surface area contributed by atoms with Crippen molar-refractivity contribution in [2.75, 3.05) is 0 Å². The fourth-order valence-corrected chi connectivity index (χ4v) is 10.7. The maximum Gasteiger partial charge on any atom is 0.319 e. The first-order chi connectivity index (χ1) is 20.8. The average Bonchev–Trinajstić information content (AvgIpc) is 2.98. The van der Waals surface area contributed by atoms with E-state index in [1.54, 1.807) is 6.07 Å². The monoisotopic (exact) mass is 615 g/mol. The van der Waals surface area contributed by atoms with Crippen molar-refractivity contribution in [3.05, 3.63) is 90.0 Å². The van der Waals surface area contributed by atoms with E-state index < -0.39 is 25.9 Å². The molecule has 3 aromatic rings. The molecule has 7 heteroatoms. The quantitative estimate of drug-likeness (QED) is 0.204. The van der Waals surface area contributed by atoms with E-state index in [0.717, 1.165) is 41.6 Å². The van der Waals surface area contributed by atoms with Crippen LogP contribution in [0, 0.1) is 0 Å². The summed E-state index contributed by atoms with van der Waals surface area (Å²) in [6.45, 7) is 12.2. The van der Waals surface area contributed by atoms with Crippen molar-refractivity contribution in [2.24, 2.45) is 0 Å². The first kappa shape index (κ1) is 33.5. The Bertz CT molecular complexity index is 1350. The van der Waals surface area contributed by atoms with Crippen LogP contribution < -0.4 is 20.1 Å². The zero-order valence-electron chi connectivity index (χ0n) is 27.2. The van der Waals surface area contributed by atoms with Gasteiger partial charge in [-0.3, -0.25) is 9.59 Å². The van der Waals surface area contributed by atoms with E-state index >= 15 is 0 Å². The lowest BCUT2D eigenvalue weighted by Crippen LogP contribution is -2.68. The molecule has 0 radical (unpaired) electrons. The summed E-state index contributed by atoms with van der Waals surface area (Å²) in [5.74, 6) is -0.157. The molecule has 1 fully saturated rings. The largest absolute Gasteiger partial charge is 0.534 e. The lowest BCUT2D eigenvalue weighted by Gasteiger charge is -2.43. The summed E-state index contributed by atoms with van der Waals surface area (Å²) in [7, 11) is -2.95. The summed E-state index contributed by atoms with van der Waals surface area (Å²) in [4.78, 5) is 26.0. The van der Waals surface area contributed by atoms with E-state index in [2.05, 4.69) is 50.4 Å². The van der Waals surface area contributed by atoms with Crippen LogP contribution in [-0.2, 0) is 20.7 Å². The summed E-state index contributed by atoms with van der Waals surface area (Å²) in [5, 5.41) is 16.6. The van der Waals surface area contributed by atoms with Crippen molar-refractivity contribution in [3.63, 3.8) is 0 Å². The normalized spacial score (nSPS) is 15.3. The zero-order chi connectivity index (χ0) is 32.0. The molecule has 6 nitrogen and oxygen atoms in total. The third kappa shape index (κ3) is 8.19. The highest BCUT2D eigenvalue weighted by atomic mass is 28.4. The van der Waals surface area contributed by atoms with Gasteiger partial charge in [0, 0.05) is 12.5 Å². The highest BCUT2D eigenvalue weighted by Crippen LogP contribution is 2.38. The topological polar surface area (TPSA) is 84.9 Å². The van der Waals surface area contributed by atoms with E-state index in [-0.39, 0.29) is 23.5 Å². The van der Waals surface area contributed by atoms with Gasteiger partial charge in [0.25, 0.3) is 5.91 Å².